The van der Waals surface area contributed by atoms with Gasteiger partial charge < -0.3 is 0 Å². The van der Waals surface area contributed by atoms with Crippen molar-refractivity contribution in [2.75, 3.05) is 6.26 Å². The second-order valence-electron chi connectivity index (χ2n) is 3.55. The van der Waals surface area contributed by atoms with E-state index >= 15 is 0 Å². The van der Waals surface area contributed by atoms with E-state index < -0.39 is 15.8 Å². The lowest BCUT2D eigenvalue weighted by atomic mass is 10.0. The number of hydrogen-bond donors (Lipinski definition) is 0. The molecule has 0 unspecified atom stereocenters. The summed E-state index contributed by atoms with van der Waals surface area (Å²) in [6.45, 7) is 0.0376. The van der Waals surface area contributed by atoms with Crippen LogP contribution >= 0.6 is 15.9 Å². The molecule has 0 amide bonds. The van der Waals surface area contributed by atoms with Gasteiger partial charge in [0, 0.05) is 16.2 Å². The number of halogens is 2. The zero-order valence-electron chi connectivity index (χ0n) is 8.44. The lowest BCUT2D eigenvalue weighted by molar-refractivity contribution is 0.486. The van der Waals surface area contributed by atoms with E-state index in [1.807, 2.05) is 0 Å². The molecular weight excluding hydrogens is 297 g/mol. The van der Waals surface area contributed by atoms with Gasteiger partial charge in [-0.05, 0) is 27.6 Å². The van der Waals surface area contributed by atoms with Gasteiger partial charge in [0.05, 0.1) is 12.8 Å². The van der Waals surface area contributed by atoms with Crippen molar-refractivity contribution in [2.45, 2.75) is 6.54 Å². The highest BCUT2D eigenvalue weighted by atomic mass is 79.9. The van der Waals surface area contributed by atoms with E-state index in [4.69, 9.17) is 0 Å². The second kappa shape index (κ2) is 3.85. The maximum absolute atomic E-state index is 13.5. The van der Waals surface area contributed by atoms with Crippen LogP contribution in [0, 0.1) is 5.82 Å². The Kier molecular flexibility index (Phi) is 2.79. The highest BCUT2D eigenvalue weighted by Gasteiger charge is 2.23. The fourth-order valence-corrected chi connectivity index (χ4v) is 2.97. The molecule has 0 saturated carbocycles. The summed E-state index contributed by atoms with van der Waals surface area (Å²) in [6.07, 6.45) is 2.55. The van der Waals surface area contributed by atoms with Gasteiger partial charge in [0.1, 0.15) is 5.82 Å². The third-order valence-corrected chi connectivity index (χ3v) is 4.09. The SMILES string of the molecule is CS(=O)(=O)N1C=C(Br)c2cccc(F)c2C1. The molecule has 0 radical (unpaired) electrons. The number of sulfonamides is 1. The van der Waals surface area contributed by atoms with Crippen molar-refractivity contribution in [2.24, 2.45) is 0 Å². The molecule has 1 aliphatic rings. The molecule has 0 spiro atoms. The first-order chi connectivity index (χ1) is 7.39. The van der Waals surface area contributed by atoms with Crippen LogP contribution in [0.1, 0.15) is 11.1 Å². The molecule has 0 aliphatic carbocycles. The normalized spacial score (nSPS) is 15.7. The molecule has 1 aliphatic heterocycles. The van der Waals surface area contributed by atoms with Gasteiger partial charge in [-0.15, -0.1) is 0 Å². The van der Waals surface area contributed by atoms with Crippen molar-refractivity contribution in [1.82, 2.24) is 4.31 Å². The Bertz CT molecular complexity index is 568. The van der Waals surface area contributed by atoms with Crippen molar-refractivity contribution in [1.29, 1.82) is 0 Å². The lowest BCUT2D eigenvalue weighted by Crippen LogP contribution is -2.27. The molecule has 86 valence electrons. The Morgan fingerprint density at radius 2 is 2.12 bits per heavy atom. The van der Waals surface area contributed by atoms with Gasteiger partial charge in [-0.25, -0.2) is 12.8 Å². The van der Waals surface area contributed by atoms with Crippen LogP contribution in [0.15, 0.2) is 24.4 Å². The molecule has 0 saturated heterocycles. The second-order valence-corrected chi connectivity index (χ2v) is 6.34. The van der Waals surface area contributed by atoms with E-state index in [2.05, 4.69) is 15.9 Å². The first kappa shape index (κ1) is 11.6. The highest BCUT2D eigenvalue weighted by Crippen LogP contribution is 2.33. The van der Waals surface area contributed by atoms with Crippen LogP contribution in [0.3, 0.4) is 0 Å². The van der Waals surface area contributed by atoms with E-state index in [9.17, 15) is 12.8 Å². The summed E-state index contributed by atoms with van der Waals surface area (Å²) >= 11 is 3.24. The molecule has 0 N–H and O–H groups in total. The Morgan fingerprint density at radius 3 is 2.75 bits per heavy atom. The Hall–Kier alpha value is -0.880. The molecule has 1 aromatic carbocycles. The van der Waals surface area contributed by atoms with Crippen LogP contribution < -0.4 is 0 Å². The first-order valence-corrected chi connectivity index (χ1v) is 7.15. The third-order valence-electron chi connectivity index (χ3n) is 2.37. The van der Waals surface area contributed by atoms with E-state index in [-0.39, 0.29) is 6.54 Å². The fourth-order valence-electron chi connectivity index (χ4n) is 1.55. The van der Waals surface area contributed by atoms with Gasteiger partial charge in [-0.3, -0.25) is 4.31 Å². The molecule has 1 heterocycles. The Morgan fingerprint density at radius 1 is 1.44 bits per heavy atom. The van der Waals surface area contributed by atoms with Crippen molar-refractivity contribution in [3.05, 3.63) is 41.3 Å². The van der Waals surface area contributed by atoms with Crippen molar-refractivity contribution in [3.63, 3.8) is 0 Å². The maximum Gasteiger partial charge on any atom is 0.232 e. The van der Waals surface area contributed by atoms with Crippen molar-refractivity contribution >= 4 is 30.4 Å². The molecule has 16 heavy (non-hydrogen) atoms. The zero-order chi connectivity index (χ0) is 11.9. The predicted molar refractivity (Wildman–Crippen MR) is 63.7 cm³/mol. The fraction of sp³-hybridized carbons (Fsp3) is 0.200. The van der Waals surface area contributed by atoms with Gasteiger partial charge in [-0.2, -0.15) is 0 Å². The van der Waals surface area contributed by atoms with Crippen LogP contribution in [0.2, 0.25) is 0 Å². The molecular formula is C10H9BrFNO2S. The molecule has 0 atom stereocenters. The van der Waals surface area contributed by atoms with Gasteiger partial charge in [0.2, 0.25) is 10.0 Å². The summed E-state index contributed by atoms with van der Waals surface area (Å²) in [5.41, 5.74) is 1.09. The molecule has 0 aromatic heterocycles. The first-order valence-electron chi connectivity index (χ1n) is 4.51. The third kappa shape index (κ3) is 1.99. The summed E-state index contributed by atoms with van der Waals surface area (Å²) in [5, 5.41) is 0. The van der Waals surface area contributed by atoms with E-state index in [0.717, 1.165) is 10.6 Å². The topological polar surface area (TPSA) is 37.4 Å². The number of hydrogen-bond acceptors (Lipinski definition) is 2. The quantitative estimate of drug-likeness (QED) is 0.798. The van der Waals surface area contributed by atoms with E-state index in [1.54, 1.807) is 12.1 Å². The van der Waals surface area contributed by atoms with Gasteiger partial charge in [0.25, 0.3) is 0 Å². The molecule has 6 heteroatoms. The average Bonchev–Trinajstić information content (AvgIpc) is 2.18. The van der Waals surface area contributed by atoms with E-state index in [0.29, 0.717) is 15.6 Å². The molecule has 3 nitrogen and oxygen atoms in total. The molecule has 0 bridgehead atoms. The minimum Gasteiger partial charge on any atom is -0.272 e. The lowest BCUT2D eigenvalue weighted by Gasteiger charge is -2.25. The van der Waals surface area contributed by atoms with Crippen molar-refractivity contribution in [3.8, 4) is 0 Å². The molecule has 0 fully saturated rings. The van der Waals surface area contributed by atoms with Gasteiger partial charge in [-0.1, -0.05) is 12.1 Å². The van der Waals surface area contributed by atoms with Crippen LogP contribution in [0.5, 0.6) is 0 Å². The van der Waals surface area contributed by atoms with Crippen LogP contribution in [0.25, 0.3) is 4.48 Å². The number of rotatable bonds is 1. The maximum atomic E-state index is 13.5. The highest BCUT2D eigenvalue weighted by molar-refractivity contribution is 9.15. The standard InChI is InChI=1S/C10H9BrFNO2S/c1-16(14,15)13-5-8-7(9(11)6-13)3-2-4-10(8)12/h2-4,6H,5H2,1H3. The smallest absolute Gasteiger partial charge is 0.232 e. The monoisotopic (exact) mass is 305 g/mol. The van der Waals surface area contributed by atoms with Crippen molar-refractivity contribution < 1.29 is 12.8 Å². The summed E-state index contributed by atoms with van der Waals surface area (Å²) < 4.78 is 38.0. The van der Waals surface area contributed by atoms with Crippen LogP contribution in [0.4, 0.5) is 4.39 Å². The Balaban J connectivity index is 2.57. The molecule has 2 rings (SSSR count). The summed E-state index contributed by atoms with van der Waals surface area (Å²) in [4.78, 5) is 0. The van der Waals surface area contributed by atoms with Gasteiger partial charge >= 0.3 is 0 Å². The molecule has 1 aromatic rings. The summed E-state index contributed by atoms with van der Waals surface area (Å²) in [5.74, 6) is -0.392. The summed E-state index contributed by atoms with van der Waals surface area (Å²) in [7, 11) is -3.36. The average molecular weight is 306 g/mol. The minimum atomic E-state index is -3.36. The van der Waals surface area contributed by atoms with Crippen LogP contribution in [-0.2, 0) is 16.6 Å². The number of nitrogens with zero attached hydrogens (tertiary/aromatic N) is 1. The predicted octanol–water partition coefficient (Wildman–Crippen LogP) is 2.29. The number of benzene rings is 1. The minimum absolute atomic E-state index is 0.0376. The van der Waals surface area contributed by atoms with E-state index in [1.165, 1.54) is 12.3 Å². The zero-order valence-corrected chi connectivity index (χ0v) is 10.8. The van der Waals surface area contributed by atoms with Crippen LogP contribution in [-0.4, -0.2) is 19.0 Å². The largest absolute Gasteiger partial charge is 0.272 e. The summed E-state index contributed by atoms with van der Waals surface area (Å²) in [6, 6.07) is 4.67. The Labute approximate surface area is 102 Å². The van der Waals surface area contributed by atoms with Gasteiger partial charge in [0.15, 0.2) is 0 Å². The number of fused-ring (bicyclic) bond motifs is 1.